The topological polar surface area (TPSA) is 58.6 Å². The maximum Gasteiger partial charge on any atom is 0.243 e. The summed E-state index contributed by atoms with van der Waals surface area (Å²) in [7, 11) is 1.62. The van der Waals surface area contributed by atoms with Gasteiger partial charge in [0.2, 0.25) is 11.8 Å². The average Bonchev–Trinajstić information content (AvgIpc) is 2.85. The molecule has 0 aromatic heterocycles. The summed E-state index contributed by atoms with van der Waals surface area (Å²) in [6, 6.07) is 24.8. The van der Waals surface area contributed by atoms with E-state index in [1.807, 2.05) is 85.8 Å². The lowest BCUT2D eigenvalue weighted by atomic mass is 10.0. The van der Waals surface area contributed by atoms with Crippen LogP contribution >= 0.6 is 0 Å². The van der Waals surface area contributed by atoms with E-state index in [1.54, 1.807) is 12.0 Å². The maximum atomic E-state index is 13.8. The van der Waals surface area contributed by atoms with Crippen molar-refractivity contribution in [3.8, 4) is 5.75 Å². The van der Waals surface area contributed by atoms with Gasteiger partial charge in [0.25, 0.3) is 0 Å². The number of nitrogens with zero attached hydrogens (tertiary/aromatic N) is 1. The number of aryl methyl sites for hydroxylation is 1. The number of carbonyl (C=O) groups is 2. The smallest absolute Gasteiger partial charge is 0.243 e. The predicted octanol–water partition coefficient (Wildman–Crippen LogP) is 4.96. The van der Waals surface area contributed by atoms with Crippen molar-refractivity contribution < 1.29 is 14.3 Å². The van der Waals surface area contributed by atoms with Crippen molar-refractivity contribution >= 4 is 11.8 Å². The van der Waals surface area contributed by atoms with Crippen LogP contribution in [0.5, 0.6) is 5.75 Å². The third-order valence-corrected chi connectivity index (χ3v) is 5.88. The number of ether oxygens (including phenoxy) is 1. The highest BCUT2D eigenvalue weighted by molar-refractivity contribution is 5.88. The zero-order valence-corrected chi connectivity index (χ0v) is 21.2. The van der Waals surface area contributed by atoms with Crippen LogP contribution in [0, 0.1) is 12.8 Å². The molecule has 5 nitrogen and oxygen atoms in total. The molecule has 0 fully saturated rings. The van der Waals surface area contributed by atoms with Gasteiger partial charge in [-0.25, -0.2) is 0 Å². The van der Waals surface area contributed by atoms with Crippen molar-refractivity contribution in [2.75, 3.05) is 13.7 Å². The number of benzene rings is 3. The Bertz CT molecular complexity index is 1110. The van der Waals surface area contributed by atoms with Crippen LogP contribution in [0.15, 0.2) is 78.9 Å². The second-order valence-electron chi connectivity index (χ2n) is 9.38. The lowest BCUT2D eigenvalue weighted by Crippen LogP contribution is -2.51. The average molecular weight is 473 g/mol. The zero-order chi connectivity index (χ0) is 25.2. The molecule has 0 heterocycles. The minimum Gasteiger partial charge on any atom is -0.497 e. The Hall–Kier alpha value is -3.60. The van der Waals surface area contributed by atoms with Gasteiger partial charge in [0.05, 0.1) is 13.5 Å². The predicted molar refractivity (Wildman–Crippen MR) is 140 cm³/mol. The molecular weight excluding hydrogens is 436 g/mol. The molecular formula is C30H36N2O3. The van der Waals surface area contributed by atoms with Crippen LogP contribution in [0.4, 0.5) is 0 Å². The van der Waals surface area contributed by atoms with E-state index in [9.17, 15) is 9.59 Å². The van der Waals surface area contributed by atoms with Crippen LogP contribution in [0.1, 0.15) is 36.1 Å². The molecule has 1 atom stereocenters. The first kappa shape index (κ1) is 26.0. The van der Waals surface area contributed by atoms with Gasteiger partial charge in [-0.15, -0.1) is 0 Å². The van der Waals surface area contributed by atoms with Gasteiger partial charge in [-0.3, -0.25) is 9.59 Å². The monoisotopic (exact) mass is 472 g/mol. The number of amides is 2. The maximum absolute atomic E-state index is 13.8. The fourth-order valence-electron chi connectivity index (χ4n) is 4.04. The zero-order valence-electron chi connectivity index (χ0n) is 21.2. The molecule has 0 aliphatic heterocycles. The van der Waals surface area contributed by atoms with Crippen LogP contribution in [-0.4, -0.2) is 36.4 Å². The molecule has 184 valence electrons. The van der Waals surface area contributed by atoms with E-state index in [0.29, 0.717) is 25.4 Å². The van der Waals surface area contributed by atoms with Gasteiger partial charge >= 0.3 is 0 Å². The number of carbonyl (C=O) groups excluding carboxylic acids is 2. The van der Waals surface area contributed by atoms with E-state index in [-0.39, 0.29) is 18.2 Å². The Kier molecular flexibility index (Phi) is 9.47. The summed E-state index contributed by atoms with van der Waals surface area (Å²) < 4.78 is 5.39. The van der Waals surface area contributed by atoms with E-state index >= 15 is 0 Å². The SMILES string of the molecule is COc1cccc(CN(C(=O)Cc2cccc(C)c2)C(Cc2ccccc2)C(=O)NCC(C)C)c1. The summed E-state index contributed by atoms with van der Waals surface area (Å²) in [6.07, 6.45) is 0.669. The lowest BCUT2D eigenvalue weighted by molar-refractivity contribution is -0.140. The van der Waals surface area contributed by atoms with Gasteiger partial charge < -0.3 is 15.0 Å². The van der Waals surface area contributed by atoms with E-state index in [0.717, 1.165) is 28.0 Å². The third-order valence-electron chi connectivity index (χ3n) is 5.88. The normalized spacial score (nSPS) is 11.7. The summed E-state index contributed by atoms with van der Waals surface area (Å²) in [4.78, 5) is 29.0. The number of nitrogens with one attached hydrogen (secondary N) is 1. The van der Waals surface area contributed by atoms with Crippen molar-refractivity contribution in [3.63, 3.8) is 0 Å². The minimum absolute atomic E-state index is 0.0842. The highest BCUT2D eigenvalue weighted by Gasteiger charge is 2.30. The molecule has 0 radical (unpaired) electrons. The van der Waals surface area contributed by atoms with Gasteiger partial charge in [-0.05, 0) is 41.7 Å². The van der Waals surface area contributed by atoms with E-state index in [4.69, 9.17) is 4.74 Å². The second-order valence-corrected chi connectivity index (χ2v) is 9.38. The number of methoxy groups -OCH3 is 1. The van der Waals surface area contributed by atoms with Crippen molar-refractivity contribution in [3.05, 3.63) is 101 Å². The Labute approximate surface area is 209 Å². The fraction of sp³-hybridized carbons (Fsp3) is 0.333. The molecule has 0 bridgehead atoms. The van der Waals surface area contributed by atoms with E-state index < -0.39 is 6.04 Å². The van der Waals surface area contributed by atoms with Crippen molar-refractivity contribution in [2.45, 2.75) is 46.2 Å². The molecule has 2 amide bonds. The van der Waals surface area contributed by atoms with Gasteiger partial charge in [-0.1, -0.05) is 86.1 Å². The first-order valence-electron chi connectivity index (χ1n) is 12.1. The van der Waals surface area contributed by atoms with Crippen molar-refractivity contribution in [1.29, 1.82) is 0 Å². The molecule has 0 saturated heterocycles. The molecule has 3 aromatic rings. The van der Waals surface area contributed by atoms with Crippen LogP contribution in [0.25, 0.3) is 0 Å². The molecule has 0 aliphatic rings. The van der Waals surface area contributed by atoms with Crippen LogP contribution < -0.4 is 10.1 Å². The molecule has 1 unspecified atom stereocenters. The molecule has 3 rings (SSSR count). The second kappa shape index (κ2) is 12.7. The number of rotatable bonds is 11. The van der Waals surface area contributed by atoms with Crippen LogP contribution in [0.3, 0.4) is 0 Å². The highest BCUT2D eigenvalue weighted by Crippen LogP contribution is 2.20. The summed E-state index contributed by atoms with van der Waals surface area (Å²) >= 11 is 0. The number of hydrogen-bond acceptors (Lipinski definition) is 3. The minimum atomic E-state index is -0.639. The van der Waals surface area contributed by atoms with Crippen molar-refractivity contribution in [2.24, 2.45) is 5.92 Å². The van der Waals surface area contributed by atoms with E-state index in [2.05, 4.69) is 19.2 Å². The fourth-order valence-corrected chi connectivity index (χ4v) is 4.04. The van der Waals surface area contributed by atoms with Gasteiger partial charge in [0.1, 0.15) is 11.8 Å². The summed E-state index contributed by atoms with van der Waals surface area (Å²) in [6.45, 7) is 7.00. The lowest BCUT2D eigenvalue weighted by Gasteiger charge is -2.32. The Balaban J connectivity index is 1.97. The molecule has 0 spiro atoms. The van der Waals surface area contributed by atoms with Gasteiger partial charge in [-0.2, -0.15) is 0 Å². The van der Waals surface area contributed by atoms with Gasteiger partial charge in [0, 0.05) is 19.5 Å². The Morgan fingerprint density at radius 1 is 0.886 bits per heavy atom. The quantitative estimate of drug-likeness (QED) is 0.429. The van der Waals surface area contributed by atoms with Gasteiger partial charge in [0.15, 0.2) is 0 Å². The number of hydrogen-bond donors (Lipinski definition) is 1. The molecule has 5 heteroatoms. The van der Waals surface area contributed by atoms with Crippen LogP contribution in [-0.2, 0) is 29.0 Å². The Morgan fingerprint density at radius 2 is 1.57 bits per heavy atom. The molecule has 3 aromatic carbocycles. The standard InChI is InChI=1S/C30H36N2O3/c1-22(2)20-31-30(34)28(18-24-11-6-5-7-12-24)32(21-26-14-9-15-27(17-26)35-4)29(33)19-25-13-8-10-23(3)16-25/h5-17,22,28H,18-21H2,1-4H3,(H,31,34). The molecule has 35 heavy (non-hydrogen) atoms. The largest absolute Gasteiger partial charge is 0.497 e. The summed E-state index contributed by atoms with van der Waals surface area (Å²) in [5.41, 5.74) is 3.96. The van der Waals surface area contributed by atoms with Crippen molar-refractivity contribution in [1.82, 2.24) is 10.2 Å². The highest BCUT2D eigenvalue weighted by atomic mass is 16.5. The summed E-state index contributed by atoms with van der Waals surface area (Å²) in [5, 5.41) is 3.06. The first-order chi connectivity index (χ1) is 16.9. The van der Waals surface area contributed by atoms with E-state index in [1.165, 1.54) is 0 Å². The molecule has 1 N–H and O–H groups in total. The molecule has 0 saturated carbocycles. The first-order valence-corrected chi connectivity index (χ1v) is 12.1. The third kappa shape index (κ3) is 7.99. The van der Waals surface area contributed by atoms with Crippen LogP contribution in [0.2, 0.25) is 0 Å². The molecule has 0 aliphatic carbocycles. The summed E-state index contributed by atoms with van der Waals surface area (Å²) in [5.74, 6) is 0.811. The Morgan fingerprint density at radius 3 is 2.26 bits per heavy atom.